The number of aromatic nitrogens is 1. The molecule has 3 nitrogen and oxygen atoms in total. The number of nitrogens with zero attached hydrogens (tertiary/aromatic N) is 2. The van der Waals surface area contributed by atoms with Gasteiger partial charge in [-0.15, -0.1) is 0 Å². The Morgan fingerprint density at radius 1 is 0.260 bits per heavy atom. The second-order valence-corrected chi connectivity index (χ2v) is 19.2. The summed E-state index contributed by atoms with van der Waals surface area (Å²) in [5, 5.41) is 14.8. The standard InChI is InChI=1S/C70H44N2O/c1-2-15-51(16-3-1)72-67-38-30-49(42-64(67)65-43-50(31-39-68(65)72)56-23-12-14-47-13-4-5-17-55(47)56)46-27-34-53(35-28-46)71(54-36-40-70-66(44-54)62-22-10-11-24-69(62)73-70)52-32-25-45(26-33-52)48-29-37-61-59-20-7-6-18-57(59)58-19-8-9-21-60(58)63(61)41-48/h1-44H. The van der Waals surface area contributed by atoms with Gasteiger partial charge < -0.3 is 13.9 Å². The fourth-order valence-electron chi connectivity index (χ4n) is 11.7. The third kappa shape index (κ3) is 6.67. The molecule has 73 heavy (non-hydrogen) atoms. The second-order valence-electron chi connectivity index (χ2n) is 19.2. The molecule has 0 spiro atoms. The molecule has 0 aliphatic heterocycles. The van der Waals surface area contributed by atoms with Gasteiger partial charge in [-0.05, 0) is 167 Å². The molecule has 13 aromatic carbocycles. The molecule has 0 saturated carbocycles. The summed E-state index contributed by atoms with van der Waals surface area (Å²) in [5.74, 6) is 0. The first kappa shape index (κ1) is 41.1. The molecule has 0 aliphatic carbocycles. The lowest BCUT2D eigenvalue weighted by atomic mass is 9.92. The van der Waals surface area contributed by atoms with E-state index in [0.29, 0.717) is 0 Å². The Labute approximate surface area is 421 Å². The maximum absolute atomic E-state index is 6.32. The molecular weight excluding hydrogens is 885 g/mol. The maximum Gasteiger partial charge on any atom is 0.135 e. The fraction of sp³-hybridized carbons (Fsp3) is 0. The second kappa shape index (κ2) is 16.4. The van der Waals surface area contributed by atoms with Crippen LogP contribution in [-0.2, 0) is 0 Å². The van der Waals surface area contributed by atoms with Crippen molar-refractivity contribution < 1.29 is 4.42 Å². The average molecular weight is 929 g/mol. The summed E-state index contributed by atoms with van der Waals surface area (Å²) in [5.41, 5.74) is 15.6. The number of furan rings is 1. The fourth-order valence-corrected chi connectivity index (χ4v) is 11.7. The van der Waals surface area contributed by atoms with Crippen LogP contribution in [-0.4, -0.2) is 4.57 Å². The molecule has 0 saturated heterocycles. The third-order valence-electron chi connectivity index (χ3n) is 15.2. The van der Waals surface area contributed by atoms with E-state index in [-0.39, 0.29) is 0 Å². The predicted molar refractivity (Wildman–Crippen MR) is 309 cm³/mol. The van der Waals surface area contributed by atoms with Crippen molar-refractivity contribution in [1.29, 1.82) is 0 Å². The van der Waals surface area contributed by atoms with E-state index in [1.165, 1.54) is 92.7 Å². The largest absolute Gasteiger partial charge is 0.456 e. The van der Waals surface area contributed by atoms with Crippen LogP contribution in [0, 0.1) is 0 Å². The molecule has 0 aliphatic rings. The number of fused-ring (bicyclic) bond motifs is 13. The molecule has 15 rings (SSSR count). The van der Waals surface area contributed by atoms with Gasteiger partial charge in [-0.1, -0.05) is 176 Å². The number of benzene rings is 13. The Bertz CT molecular complexity index is 4620. The maximum atomic E-state index is 6.32. The molecule has 0 bridgehead atoms. The summed E-state index contributed by atoms with van der Waals surface area (Å²) in [6.45, 7) is 0. The number of rotatable bonds is 7. The van der Waals surface area contributed by atoms with Crippen molar-refractivity contribution in [1.82, 2.24) is 4.57 Å². The van der Waals surface area contributed by atoms with E-state index in [9.17, 15) is 0 Å². The first-order chi connectivity index (χ1) is 36.2. The lowest BCUT2D eigenvalue weighted by Gasteiger charge is -2.26. The number of anilines is 3. The van der Waals surface area contributed by atoms with Crippen LogP contribution in [0.2, 0.25) is 0 Å². The zero-order chi connectivity index (χ0) is 48.0. The van der Waals surface area contributed by atoms with Gasteiger partial charge in [0, 0.05) is 44.3 Å². The minimum Gasteiger partial charge on any atom is -0.456 e. The van der Waals surface area contributed by atoms with Crippen LogP contribution in [0.25, 0.3) is 126 Å². The van der Waals surface area contributed by atoms with Crippen LogP contribution < -0.4 is 4.90 Å². The molecule has 3 heteroatoms. The molecule has 2 heterocycles. The lowest BCUT2D eigenvalue weighted by Crippen LogP contribution is -2.09. The highest BCUT2D eigenvalue weighted by Gasteiger charge is 2.19. The minimum absolute atomic E-state index is 0.875. The molecule has 0 N–H and O–H groups in total. The van der Waals surface area contributed by atoms with Crippen LogP contribution in [0.4, 0.5) is 17.1 Å². The van der Waals surface area contributed by atoms with E-state index < -0.39 is 0 Å². The summed E-state index contributed by atoms with van der Waals surface area (Å²) in [6, 6.07) is 97.3. The molecule has 0 unspecified atom stereocenters. The average Bonchev–Trinajstić information content (AvgIpc) is 4.01. The van der Waals surface area contributed by atoms with Crippen molar-refractivity contribution in [2.24, 2.45) is 0 Å². The van der Waals surface area contributed by atoms with E-state index in [1.54, 1.807) is 0 Å². The predicted octanol–water partition coefficient (Wildman–Crippen LogP) is 19.8. The van der Waals surface area contributed by atoms with Gasteiger partial charge in [-0.3, -0.25) is 0 Å². The highest BCUT2D eigenvalue weighted by Crippen LogP contribution is 2.43. The first-order valence-electron chi connectivity index (χ1n) is 25.1. The SMILES string of the molecule is c1ccc(-n2c3ccc(-c4ccc(N(c5ccc(-c6ccc7c8ccccc8c8ccccc8c7c6)cc5)c5ccc6oc7ccccc7c6c5)cc4)cc3c3cc(-c4cccc5ccccc45)ccc32)cc1. The van der Waals surface area contributed by atoms with Crippen molar-refractivity contribution in [3.8, 4) is 39.1 Å². The number of para-hydroxylation sites is 2. The van der Waals surface area contributed by atoms with Gasteiger partial charge >= 0.3 is 0 Å². The molecule has 340 valence electrons. The molecule has 15 aromatic rings. The van der Waals surface area contributed by atoms with Gasteiger partial charge in [-0.2, -0.15) is 0 Å². The Kier molecular flexibility index (Phi) is 9.26. The first-order valence-corrected chi connectivity index (χ1v) is 25.1. The zero-order valence-corrected chi connectivity index (χ0v) is 39.7. The molecule has 0 radical (unpaired) electrons. The van der Waals surface area contributed by atoms with E-state index in [1.807, 2.05) is 12.1 Å². The van der Waals surface area contributed by atoms with Gasteiger partial charge in [0.25, 0.3) is 0 Å². The summed E-state index contributed by atoms with van der Waals surface area (Å²) in [7, 11) is 0. The lowest BCUT2D eigenvalue weighted by molar-refractivity contribution is 0.669. The zero-order valence-electron chi connectivity index (χ0n) is 39.7. The highest BCUT2D eigenvalue weighted by molar-refractivity contribution is 6.26. The molecule has 0 atom stereocenters. The van der Waals surface area contributed by atoms with Crippen LogP contribution >= 0.6 is 0 Å². The summed E-state index contributed by atoms with van der Waals surface area (Å²) >= 11 is 0. The van der Waals surface area contributed by atoms with Gasteiger partial charge in [0.05, 0.1) is 11.0 Å². The van der Waals surface area contributed by atoms with Gasteiger partial charge in [0.2, 0.25) is 0 Å². The molecular formula is C70H44N2O. The third-order valence-corrected chi connectivity index (χ3v) is 15.2. The van der Waals surface area contributed by atoms with Gasteiger partial charge in [-0.25, -0.2) is 0 Å². The molecule has 0 fully saturated rings. The minimum atomic E-state index is 0.875. The normalized spacial score (nSPS) is 11.8. The Hall–Kier alpha value is -9.70. The van der Waals surface area contributed by atoms with Crippen molar-refractivity contribution in [2.75, 3.05) is 4.90 Å². The van der Waals surface area contributed by atoms with Crippen molar-refractivity contribution >= 4 is 104 Å². The highest BCUT2D eigenvalue weighted by atomic mass is 16.3. The summed E-state index contributed by atoms with van der Waals surface area (Å²) in [4.78, 5) is 2.36. The smallest absolute Gasteiger partial charge is 0.135 e. The van der Waals surface area contributed by atoms with Gasteiger partial charge in [0.15, 0.2) is 0 Å². The Balaban J connectivity index is 0.842. The topological polar surface area (TPSA) is 21.3 Å². The van der Waals surface area contributed by atoms with Crippen LogP contribution in [0.3, 0.4) is 0 Å². The van der Waals surface area contributed by atoms with Crippen molar-refractivity contribution in [3.05, 3.63) is 267 Å². The molecule has 0 amide bonds. The van der Waals surface area contributed by atoms with Crippen molar-refractivity contribution in [3.63, 3.8) is 0 Å². The monoisotopic (exact) mass is 928 g/mol. The van der Waals surface area contributed by atoms with Crippen LogP contribution in [0.15, 0.2) is 271 Å². The Morgan fingerprint density at radius 3 is 1.40 bits per heavy atom. The number of hydrogen-bond acceptors (Lipinski definition) is 2. The van der Waals surface area contributed by atoms with Crippen LogP contribution in [0.1, 0.15) is 0 Å². The molecule has 2 aromatic heterocycles. The van der Waals surface area contributed by atoms with E-state index in [2.05, 4.69) is 264 Å². The quantitative estimate of drug-likeness (QED) is 0.149. The van der Waals surface area contributed by atoms with Gasteiger partial charge in [0.1, 0.15) is 11.2 Å². The number of hydrogen-bond donors (Lipinski definition) is 0. The van der Waals surface area contributed by atoms with Crippen LogP contribution in [0.5, 0.6) is 0 Å². The summed E-state index contributed by atoms with van der Waals surface area (Å²) < 4.78 is 8.72. The summed E-state index contributed by atoms with van der Waals surface area (Å²) in [6.07, 6.45) is 0. The van der Waals surface area contributed by atoms with Crippen molar-refractivity contribution in [2.45, 2.75) is 0 Å². The van der Waals surface area contributed by atoms with E-state index >= 15 is 0 Å². The van der Waals surface area contributed by atoms with E-state index in [0.717, 1.165) is 50.3 Å². The van der Waals surface area contributed by atoms with E-state index in [4.69, 9.17) is 4.42 Å². The Morgan fingerprint density at radius 2 is 0.726 bits per heavy atom.